The zero-order valence-corrected chi connectivity index (χ0v) is 15.2. The summed E-state index contributed by atoms with van der Waals surface area (Å²) in [6, 6.07) is 10.5. The van der Waals surface area contributed by atoms with Gasteiger partial charge in [-0.2, -0.15) is 0 Å². The number of hydrogen-bond donors (Lipinski definition) is 1. The zero-order valence-electron chi connectivity index (χ0n) is 14.4. The minimum atomic E-state index is -0.231. The normalized spacial score (nSPS) is 16.3. The lowest BCUT2D eigenvalue weighted by Gasteiger charge is -2.22. The van der Waals surface area contributed by atoms with Gasteiger partial charge in [-0.25, -0.2) is 19.3 Å². The maximum atomic E-state index is 13.2. The highest BCUT2D eigenvalue weighted by Crippen LogP contribution is 2.38. The minimum Gasteiger partial charge on any atom is -0.362 e. The molecule has 7 heteroatoms. The maximum absolute atomic E-state index is 13.2. The maximum Gasteiger partial charge on any atom is 0.180 e. The van der Waals surface area contributed by atoms with Crippen molar-refractivity contribution in [2.75, 3.05) is 5.32 Å². The molecule has 0 saturated heterocycles. The molecule has 1 aromatic carbocycles. The van der Waals surface area contributed by atoms with Crippen molar-refractivity contribution in [3.8, 4) is 10.6 Å². The van der Waals surface area contributed by atoms with Gasteiger partial charge >= 0.3 is 0 Å². The summed E-state index contributed by atoms with van der Waals surface area (Å²) in [7, 11) is 0. The fourth-order valence-electron chi connectivity index (χ4n) is 3.39. The van der Waals surface area contributed by atoms with Crippen LogP contribution in [0.4, 0.5) is 10.2 Å². The van der Waals surface area contributed by atoms with Crippen molar-refractivity contribution in [2.24, 2.45) is 0 Å². The molecule has 0 spiro atoms. The van der Waals surface area contributed by atoms with Gasteiger partial charge in [0.05, 0.1) is 11.7 Å². The molecule has 3 heterocycles. The SMILES string of the molecule is Fc1ccc(-c2nc3c(s2)CCCC3Nc2ccc3nccnc3n2)cc1. The number of nitrogens with zero attached hydrogens (tertiary/aromatic N) is 4. The van der Waals surface area contributed by atoms with E-state index in [1.54, 1.807) is 35.9 Å². The minimum absolute atomic E-state index is 0.112. The molecule has 1 aliphatic carbocycles. The Bertz CT molecular complexity index is 1110. The second kappa shape index (κ2) is 6.66. The van der Waals surface area contributed by atoms with Gasteiger partial charge in [-0.3, -0.25) is 4.98 Å². The summed E-state index contributed by atoms with van der Waals surface area (Å²) in [4.78, 5) is 19.3. The third-order valence-electron chi connectivity index (χ3n) is 4.70. The Morgan fingerprint density at radius 1 is 1.00 bits per heavy atom. The van der Waals surface area contributed by atoms with Crippen LogP contribution in [0.25, 0.3) is 21.7 Å². The van der Waals surface area contributed by atoms with Crippen molar-refractivity contribution >= 4 is 28.3 Å². The molecule has 0 bridgehead atoms. The number of aromatic nitrogens is 4. The van der Waals surface area contributed by atoms with Crippen molar-refractivity contribution in [1.82, 2.24) is 19.9 Å². The largest absolute Gasteiger partial charge is 0.362 e. The Kier molecular flexibility index (Phi) is 4.01. The summed E-state index contributed by atoms with van der Waals surface area (Å²) in [6.45, 7) is 0. The molecule has 3 aromatic heterocycles. The van der Waals surface area contributed by atoms with E-state index in [-0.39, 0.29) is 11.9 Å². The first-order chi connectivity index (χ1) is 13.3. The van der Waals surface area contributed by atoms with Gasteiger partial charge in [-0.15, -0.1) is 11.3 Å². The van der Waals surface area contributed by atoms with Crippen LogP contribution in [0.5, 0.6) is 0 Å². The van der Waals surface area contributed by atoms with E-state index < -0.39 is 0 Å². The lowest BCUT2D eigenvalue weighted by atomic mass is 9.97. The number of pyridine rings is 1. The molecular formula is C20H16FN5S. The van der Waals surface area contributed by atoms with Crippen LogP contribution in [0.15, 0.2) is 48.8 Å². The number of nitrogens with one attached hydrogen (secondary N) is 1. The van der Waals surface area contributed by atoms with Crippen LogP contribution in [0, 0.1) is 5.82 Å². The smallest absolute Gasteiger partial charge is 0.180 e. The predicted octanol–water partition coefficient (Wildman–Crippen LogP) is 4.78. The average molecular weight is 377 g/mol. The summed E-state index contributed by atoms with van der Waals surface area (Å²) in [5, 5.41) is 4.44. The molecule has 4 aromatic rings. The van der Waals surface area contributed by atoms with E-state index in [4.69, 9.17) is 4.98 Å². The predicted molar refractivity (Wildman–Crippen MR) is 104 cm³/mol. The fraction of sp³-hybridized carbons (Fsp3) is 0.200. The number of benzene rings is 1. The van der Waals surface area contributed by atoms with Crippen LogP contribution < -0.4 is 5.32 Å². The van der Waals surface area contributed by atoms with Crippen molar-refractivity contribution in [2.45, 2.75) is 25.3 Å². The van der Waals surface area contributed by atoms with Crippen molar-refractivity contribution in [1.29, 1.82) is 0 Å². The number of rotatable bonds is 3. The van der Waals surface area contributed by atoms with E-state index in [2.05, 4.69) is 20.3 Å². The standard InChI is InChI=1S/C20H16FN5S/c21-13-6-4-12(5-7-13)20-26-18-14(2-1-3-16(18)27-20)24-17-9-8-15-19(25-17)23-11-10-22-15/h4-11,14H,1-3H2,(H,23,24,25). The molecule has 0 saturated carbocycles. The van der Waals surface area contributed by atoms with Crippen molar-refractivity contribution < 1.29 is 4.39 Å². The van der Waals surface area contributed by atoms with Crippen LogP contribution in [-0.4, -0.2) is 19.9 Å². The van der Waals surface area contributed by atoms with Gasteiger partial charge < -0.3 is 5.32 Å². The Balaban J connectivity index is 1.45. The molecule has 134 valence electrons. The quantitative estimate of drug-likeness (QED) is 0.557. The molecule has 27 heavy (non-hydrogen) atoms. The van der Waals surface area contributed by atoms with Gasteiger partial charge in [0.15, 0.2) is 5.65 Å². The summed E-state index contributed by atoms with van der Waals surface area (Å²) in [5.74, 6) is 0.544. The Morgan fingerprint density at radius 2 is 1.85 bits per heavy atom. The zero-order chi connectivity index (χ0) is 18.2. The van der Waals surface area contributed by atoms with Gasteiger partial charge in [0, 0.05) is 22.8 Å². The van der Waals surface area contributed by atoms with E-state index >= 15 is 0 Å². The van der Waals surface area contributed by atoms with Gasteiger partial charge in [-0.05, 0) is 55.7 Å². The Morgan fingerprint density at radius 3 is 2.74 bits per heavy atom. The monoisotopic (exact) mass is 377 g/mol. The summed E-state index contributed by atoms with van der Waals surface area (Å²) >= 11 is 1.69. The Hall–Kier alpha value is -2.93. The molecule has 1 aliphatic rings. The fourth-order valence-corrected chi connectivity index (χ4v) is 4.56. The first-order valence-corrected chi connectivity index (χ1v) is 9.68. The van der Waals surface area contributed by atoms with Crippen LogP contribution in [0.3, 0.4) is 0 Å². The molecule has 0 fully saturated rings. The molecule has 5 nitrogen and oxygen atoms in total. The van der Waals surface area contributed by atoms with Gasteiger partial charge in [0.25, 0.3) is 0 Å². The third-order valence-corrected chi connectivity index (χ3v) is 5.88. The summed E-state index contributed by atoms with van der Waals surface area (Å²) in [5.41, 5.74) is 3.43. The van der Waals surface area contributed by atoms with Crippen molar-refractivity contribution in [3.05, 3.63) is 65.2 Å². The number of halogens is 1. The molecule has 1 atom stereocenters. The molecule has 1 N–H and O–H groups in total. The second-order valence-corrected chi connectivity index (χ2v) is 7.60. The van der Waals surface area contributed by atoms with Crippen molar-refractivity contribution in [3.63, 3.8) is 0 Å². The third kappa shape index (κ3) is 3.14. The number of fused-ring (bicyclic) bond motifs is 2. The highest BCUT2D eigenvalue weighted by molar-refractivity contribution is 7.15. The van der Waals surface area contributed by atoms with Gasteiger partial charge in [0.1, 0.15) is 22.2 Å². The van der Waals surface area contributed by atoms with Crippen LogP contribution in [0.2, 0.25) is 0 Å². The number of aryl methyl sites for hydroxylation is 1. The number of anilines is 1. The lowest BCUT2D eigenvalue weighted by molar-refractivity contribution is 0.593. The molecule has 0 aliphatic heterocycles. The highest BCUT2D eigenvalue weighted by Gasteiger charge is 2.25. The molecule has 1 unspecified atom stereocenters. The molecule has 0 amide bonds. The number of thiazole rings is 1. The van der Waals surface area contributed by atoms with Crippen LogP contribution >= 0.6 is 11.3 Å². The van der Waals surface area contributed by atoms with Crippen LogP contribution in [-0.2, 0) is 6.42 Å². The van der Waals surface area contributed by atoms with E-state index in [1.165, 1.54) is 17.0 Å². The topological polar surface area (TPSA) is 63.6 Å². The van der Waals surface area contributed by atoms with E-state index in [0.29, 0.717) is 5.65 Å². The highest BCUT2D eigenvalue weighted by atomic mass is 32.1. The first-order valence-electron chi connectivity index (χ1n) is 8.86. The van der Waals surface area contributed by atoms with E-state index in [0.717, 1.165) is 46.9 Å². The second-order valence-electron chi connectivity index (χ2n) is 6.52. The average Bonchev–Trinajstić information content (AvgIpc) is 3.14. The van der Waals surface area contributed by atoms with E-state index in [9.17, 15) is 4.39 Å². The van der Waals surface area contributed by atoms with E-state index in [1.807, 2.05) is 12.1 Å². The molecular weight excluding hydrogens is 361 g/mol. The van der Waals surface area contributed by atoms with Gasteiger partial charge in [-0.1, -0.05) is 0 Å². The lowest BCUT2D eigenvalue weighted by Crippen LogP contribution is -2.17. The molecule has 0 radical (unpaired) electrons. The number of hydrogen-bond acceptors (Lipinski definition) is 6. The van der Waals surface area contributed by atoms with Crippen LogP contribution in [0.1, 0.15) is 29.5 Å². The molecule has 5 rings (SSSR count). The van der Waals surface area contributed by atoms with Gasteiger partial charge in [0.2, 0.25) is 0 Å². The summed E-state index contributed by atoms with van der Waals surface area (Å²) < 4.78 is 13.2. The Labute approximate surface area is 159 Å². The first kappa shape index (κ1) is 16.3. The summed E-state index contributed by atoms with van der Waals surface area (Å²) in [6.07, 6.45) is 6.44.